The van der Waals surface area contributed by atoms with Gasteiger partial charge in [0.2, 0.25) is 11.8 Å². The largest absolute Gasteiger partial charge is 0.381 e. The molecule has 1 aliphatic heterocycles. The minimum atomic E-state index is -0.200. The Hall–Kier alpha value is -1.14. The van der Waals surface area contributed by atoms with E-state index in [1.807, 2.05) is 11.8 Å². The summed E-state index contributed by atoms with van der Waals surface area (Å²) in [5.74, 6) is 0.226. The van der Waals surface area contributed by atoms with Gasteiger partial charge in [-0.3, -0.25) is 9.59 Å². The molecule has 6 nitrogen and oxygen atoms in total. The first-order chi connectivity index (χ1) is 11.4. The number of nitrogens with zero attached hydrogens (tertiary/aromatic N) is 2. The van der Waals surface area contributed by atoms with E-state index in [2.05, 4.69) is 19.2 Å². The highest BCUT2D eigenvalue weighted by Gasteiger charge is 2.53. The van der Waals surface area contributed by atoms with Gasteiger partial charge in [0, 0.05) is 51.7 Å². The van der Waals surface area contributed by atoms with Crippen LogP contribution in [0.1, 0.15) is 47.0 Å². The van der Waals surface area contributed by atoms with Crippen molar-refractivity contribution in [3.05, 3.63) is 0 Å². The molecule has 2 fully saturated rings. The Bertz CT molecular complexity index is 456. The molecule has 24 heavy (non-hydrogen) atoms. The third kappa shape index (κ3) is 3.45. The summed E-state index contributed by atoms with van der Waals surface area (Å²) in [5.41, 5.74) is 0.136. The van der Waals surface area contributed by atoms with E-state index in [0.717, 1.165) is 19.3 Å². The minimum absolute atomic E-state index is 0.0871. The zero-order chi connectivity index (χ0) is 17.9. The molecule has 1 heterocycles. The van der Waals surface area contributed by atoms with E-state index in [9.17, 15) is 9.59 Å². The van der Waals surface area contributed by atoms with Crippen LogP contribution in [0.3, 0.4) is 0 Å². The average Bonchev–Trinajstić information content (AvgIpc) is 2.58. The van der Waals surface area contributed by atoms with Gasteiger partial charge in [0.25, 0.3) is 0 Å². The number of ether oxygens (including phenoxy) is 1. The van der Waals surface area contributed by atoms with Crippen molar-refractivity contribution >= 4 is 11.8 Å². The Morgan fingerprint density at radius 3 is 2.17 bits per heavy atom. The molecule has 138 valence electrons. The number of methoxy groups -OCH3 is 1. The molecule has 0 bridgehead atoms. The van der Waals surface area contributed by atoms with Gasteiger partial charge in [-0.25, -0.2) is 0 Å². The van der Waals surface area contributed by atoms with E-state index in [0.29, 0.717) is 32.2 Å². The maximum atomic E-state index is 12.7. The van der Waals surface area contributed by atoms with Gasteiger partial charge in [-0.15, -0.1) is 0 Å². The van der Waals surface area contributed by atoms with E-state index < -0.39 is 0 Å². The van der Waals surface area contributed by atoms with Crippen LogP contribution >= 0.6 is 0 Å². The van der Waals surface area contributed by atoms with Gasteiger partial charge in [-0.1, -0.05) is 13.8 Å². The zero-order valence-electron chi connectivity index (χ0n) is 15.8. The Morgan fingerprint density at radius 2 is 1.71 bits per heavy atom. The standard InChI is InChI=1S/C18H33N3O3/c1-6-18(7-2)15(12-16(18)24-5)19-13(3)17(23)21-10-8-20(9-11-21)14(4)22/h13,15-16,19H,6-12H2,1-5H3/t13-,15-,16-/m1/s1. The first-order valence-electron chi connectivity index (χ1n) is 9.22. The Kier molecular flexibility index (Phi) is 6.26. The first kappa shape index (κ1) is 19.2. The lowest BCUT2D eigenvalue weighted by molar-refractivity contribution is -0.144. The highest BCUT2D eigenvalue weighted by molar-refractivity contribution is 5.82. The fourth-order valence-corrected chi connectivity index (χ4v) is 4.40. The van der Waals surface area contributed by atoms with Crippen molar-refractivity contribution in [1.82, 2.24) is 15.1 Å². The zero-order valence-corrected chi connectivity index (χ0v) is 15.8. The van der Waals surface area contributed by atoms with Gasteiger partial charge >= 0.3 is 0 Å². The summed E-state index contributed by atoms with van der Waals surface area (Å²) in [4.78, 5) is 27.8. The molecular weight excluding hydrogens is 306 g/mol. The predicted octanol–water partition coefficient (Wildman–Crippen LogP) is 1.25. The predicted molar refractivity (Wildman–Crippen MR) is 93.6 cm³/mol. The summed E-state index contributed by atoms with van der Waals surface area (Å²) >= 11 is 0. The molecule has 0 spiro atoms. The Balaban J connectivity index is 1.89. The van der Waals surface area contributed by atoms with E-state index in [1.165, 1.54) is 0 Å². The summed E-state index contributed by atoms with van der Waals surface area (Å²) in [5, 5.41) is 3.55. The molecule has 0 radical (unpaired) electrons. The molecule has 2 rings (SSSR count). The van der Waals surface area contributed by atoms with E-state index in [4.69, 9.17) is 4.74 Å². The molecule has 2 aliphatic rings. The molecule has 0 unspecified atom stereocenters. The van der Waals surface area contributed by atoms with Gasteiger partial charge in [0.15, 0.2) is 0 Å². The second-order valence-corrected chi connectivity index (χ2v) is 7.17. The van der Waals surface area contributed by atoms with E-state index >= 15 is 0 Å². The molecule has 1 saturated heterocycles. The van der Waals surface area contributed by atoms with Crippen LogP contribution in [0.15, 0.2) is 0 Å². The summed E-state index contributed by atoms with van der Waals surface area (Å²) in [6.45, 7) is 10.5. The summed E-state index contributed by atoms with van der Waals surface area (Å²) in [6.07, 6.45) is 3.36. The average molecular weight is 339 g/mol. The molecule has 0 aromatic heterocycles. The number of carbonyl (C=O) groups excluding carboxylic acids is 2. The van der Waals surface area contributed by atoms with Crippen LogP contribution < -0.4 is 5.32 Å². The van der Waals surface area contributed by atoms with Crippen LogP contribution in [0.4, 0.5) is 0 Å². The van der Waals surface area contributed by atoms with Crippen molar-refractivity contribution in [3.63, 3.8) is 0 Å². The van der Waals surface area contributed by atoms with Crippen molar-refractivity contribution in [3.8, 4) is 0 Å². The first-order valence-corrected chi connectivity index (χ1v) is 9.22. The number of rotatable bonds is 6. The van der Waals surface area contributed by atoms with Gasteiger partial charge in [-0.05, 0) is 26.2 Å². The third-order valence-corrected chi connectivity index (χ3v) is 6.24. The van der Waals surface area contributed by atoms with Crippen molar-refractivity contribution in [2.45, 2.75) is 65.1 Å². The minimum Gasteiger partial charge on any atom is -0.381 e. The number of nitrogens with one attached hydrogen (secondary N) is 1. The molecule has 1 N–H and O–H groups in total. The second kappa shape index (κ2) is 7.83. The summed E-state index contributed by atoms with van der Waals surface area (Å²) in [6, 6.07) is 0.129. The van der Waals surface area contributed by atoms with Crippen LogP contribution in [0.5, 0.6) is 0 Å². The van der Waals surface area contributed by atoms with Crippen LogP contribution in [0, 0.1) is 5.41 Å². The fourth-order valence-electron chi connectivity index (χ4n) is 4.40. The van der Waals surface area contributed by atoms with Gasteiger partial charge in [-0.2, -0.15) is 0 Å². The summed E-state index contributed by atoms with van der Waals surface area (Å²) in [7, 11) is 1.78. The quantitative estimate of drug-likeness (QED) is 0.791. The highest BCUT2D eigenvalue weighted by Crippen LogP contribution is 2.48. The Labute approximate surface area is 145 Å². The highest BCUT2D eigenvalue weighted by atomic mass is 16.5. The van der Waals surface area contributed by atoms with Crippen LogP contribution in [0.2, 0.25) is 0 Å². The SMILES string of the molecule is CCC1(CC)[C@H](N[C@H](C)C(=O)N2CCN(C(C)=O)CC2)C[C@H]1OC. The van der Waals surface area contributed by atoms with Crippen molar-refractivity contribution < 1.29 is 14.3 Å². The molecule has 3 atom stereocenters. The normalized spacial score (nSPS) is 27.5. The molecule has 2 amide bonds. The maximum Gasteiger partial charge on any atom is 0.239 e. The lowest BCUT2D eigenvalue weighted by Crippen LogP contribution is -2.66. The number of piperazine rings is 1. The smallest absolute Gasteiger partial charge is 0.239 e. The summed E-state index contributed by atoms with van der Waals surface area (Å²) < 4.78 is 5.63. The lowest BCUT2D eigenvalue weighted by Gasteiger charge is -2.56. The molecular formula is C18H33N3O3. The number of hydrogen-bond acceptors (Lipinski definition) is 4. The van der Waals surface area contributed by atoms with Gasteiger partial charge in [0.05, 0.1) is 12.1 Å². The maximum absolute atomic E-state index is 12.7. The third-order valence-electron chi connectivity index (χ3n) is 6.24. The van der Waals surface area contributed by atoms with Crippen molar-refractivity contribution in [2.24, 2.45) is 5.41 Å². The van der Waals surface area contributed by atoms with Crippen LogP contribution in [-0.4, -0.2) is 73.1 Å². The number of hydrogen-bond donors (Lipinski definition) is 1. The monoisotopic (exact) mass is 339 g/mol. The number of amides is 2. The molecule has 0 aromatic rings. The lowest BCUT2D eigenvalue weighted by atomic mass is 9.58. The molecule has 1 aliphatic carbocycles. The molecule has 1 saturated carbocycles. The van der Waals surface area contributed by atoms with Crippen molar-refractivity contribution in [1.29, 1.82) is 0 Å². The van der Waals surface area contributed by atoms with Gasteiger partial charge in [0.1, 0.15) is 0 Å². The Morgan fingerprint density at radius 1 is 1.17 bits per heavy atom. The van der Waals surface area contributed by atoms with Crippen LogP contribution in [-0.2, 0) is 14.3 Å². The van der Waals surface area contributed by atoms with Crippen LogP contribution in [0.25, 0.3) is 0 Å². The second-order valence-electron chi connectivity index (χ2n) is 7.17. The fraction of sp³-hybridized carbons (Fsp3) is 0.889. The van der Waals surface area contributed by atoms with Crippen molar-refractivity contribution in [2.75, 3.05) is 33.3 Å². The van der Waals surface area contributed by atoms with Gasteiger partial charge < -0.3 is 19.9 Å². The molecule has 6 heteroatoms. The topological polar surface area (TPSA) is 61.9 Å². The number of carbonyl (C=O) groups is 2. The van der Waals surface area contributed by atoms with E-state index in [-0.39, 0.29) is 29.4 Å². The molecule has 0 aromatic carbocycles. The van der Waals surface area contributed by atoms with E-state index in [1.54, 1.807) is 18.9 Å².